The Kier molecular flexibility index (Phi) is 7.34. The molecule has 3 aromatic rings. The van der Waals surface area contributed by atoms with Crippen LogP contribution in [0.4, 0.5) is 0 Å². The maximum atomic E-state index is 12.6. The number of furan rings is 1. The van der Waals surface area contributed by atoms with Gasteiger partial charge < -0.3 is 14.6 Å². The van der Waals surface area contributed by atoms with E-state index in [2.05, 4.69) is 47.5 Å². The summed E-state index contributed by atoms with van der Waals surface area (Å²) < 4.78 is 5.78. The lowest BCUT2D eigenvalue weighted by Crippen LogP contribution is -2.38. The number of para-hydroxylation sites is 1. The molecule has 34 heavy (non-hydrogen) atoms. The summed E-state index contributed by atoms with van der Waals surface area (Å²) in [4.78, 5) is 15.2. The van der Waals surface area contributed by atoms with Gasteiger partial charge in [0, 0.05) is 22.6 Å². The van der Waals surface area contributed by atoms with Gasteiger partial charge in [-0.25, -0.2) is 0 Å². The van der Waals surface area contributed by atoms with Crippen LogP contribution in [0.25, 0.3) is 11.0 Å². The van der Waals surface area contributed by atoms with E-state index in [-0.39, 0.29) is 5.91 Å². The van der Waals surface area contributed by atoms with Crippen molar-refractivity contribution in [3.8, 4) is 0 Å². The van der Waals surface area contributed by atoms with Crippen LogP contribution in [0.2, 0.25) is 0 Å². The van der Waals surface area contributed by atoms with Crippen LogP contribution in [-0.2, 0) is 6.42 Å². The highest BCUT2D eigenvalue weighted by molar-refractivity contribution is 5.94. The predicted molar refractivity (Wildman–Crippen MR) is 138 cm³/mol. The average Bonchev–Trinajstić information content (AvgIpc) is 3.33. The summed E-state index contributed by atoms with van der Waals surface area (Å²) in [5.41, 5.74) is 4.47. The zero-order valence-electron chi connectivity index (χ0n) is 20.5. The van der Waals surface area contributed by atoms with Gasteiger partial charge in [0.15, 0.2) is 0 Å². The number of hydrogen-bond acceptors (Lipinski definition) is 3. The summed E-state index contributed by atoms with van der Waals surface area (Å²) in [5, 5.41) is 4.57. The Labute approximate surface area is 203 Å². The second kappa shape index (κ2) is 10.8. The molecule has 2 aliphatic rings. The Morgan fingerprint density at radius 2 is 1.71 bits per heavy atom. The van der Waals surface area contributed by atoms with Gasteiger partial charge in [0.1, 0.15) is 5.58 Å². The van der Waals surface area contributed by atoms with Gasteiger partial charge in [0.2, 0.25) is 0 Å². The maximum Gasteiger partial charge on any atom is 0.251 e. The molecule has 0 radical (unpaired) electrons. The van der Waals surface area contributed by atoms with Gasteiger partial charge in [-0.05, 0) is 107 Å². The van der Waals surface area contributed by atoms with Gasteiger partial charge in [0.05, 0.1) is 6.26 Å². The second-order valence-corrected chi connectivity index (χ2v) is 10.3. The lowest BCUT2D eigenvalue weighted by molar-refractivity contribution is 0.0919. The quantitative estimate of drug-likeness (QED) is 0.436. The highest BCUT2D eigenvalue weighted by Gasteiger charge is 2.26. The number of carbonyl (C=O) groups is 1. The van der Waals surface area contributed by atoms with Crippen molar-refractivity contribution in [3.05, 3.63) is 71.5 Å². The monoisotopic (exact) mass is 458 g/mol. The van der Waals surface area contributed by atoms with Gasteiger partial charge in [0.25, 0.3) is 5.91 Å². The molecule has 1 saturated heterocycles. The Hall–Kier alpha value is -2.59. The molecular formula is C30H38N2O2. The van der Waals surface area contributed by atoms with Gasteiger partial charge in [-0.1, -0.05) is 37.3 Å². The molecule has 180 valence electrons. The fourth-order valence-corrected chi connectivity index (χ4v) is 5.90. The largest absolute Gasteiger partial charge is 0.464 e. The molecule has 1 aliphatic carbocycles. The van der Waals surface area contributed by atoms with Crippen LogP contribution >= 0.6 is 0 Å². The fraction of sp³-hybridized carbons (Fsp3) is 0.500. The third-order valence-electron chi connectivity index (χ3n) is 8.20. The van der Waals surface area contributed by atoms with E-state index in [0.29, 0.717) is 12.0 Å². The molecule has 4 nitrogen and oxygen atoms in total. The first-order valence-electron chi connectivity index (χ1n) is 13.3. The van der Waals surface area contributed by atoms with Crippen LogP contribution in [-0.4, -0.2) is 36.5 Å². The molecule has 1 N–H and O–H groups in total. The molecule has 0 spiro atoms. The molecule has 1 aromatic heterocycles. The average molecular weight is 459 g/mol. The number of likely N-dealkylation sites (tertiary alicyclic amines) is 1. The second-order valence-electron chi connectivity index (χ2n) is 10.3. The molecular weight excluding hydrogens is 420 g/mol. The van der Waals surface area contributed by atoms with Crippen molar-refractivity contribution in [2.45, 2.75) is 70.3 Å². The number of carbonyl (C=O) groups excluding carboxylic acids is 1. The minimum atomic E-state index is 0.0828. The molecule has 2 heterocycles. The van der Waals surface area contributed by atoms with Crippen LogP contribution in [0, 0.1) is 5.92 Å². The summed E-state index contributed by atoms with van der Waals surface area (Å²) in [6.07, 6.45) is 11.4. The summed E-state index contributed by atoms with van der Waals surface area (Å²) in [6.45, 7) is 5.72. The van der Waals surface area contributed by atoms with E-state index in [0.717, 1.165) is 36.3 Å². The minimum Gasteiger partial charge on any atom is -0.464 e. The number of rotatable bonds is 7. The number of nitrogens with zero attached hydrogens (tertiary/aromatic N) is 1. The van der Waals surface area contributed by atoms with E-state index in [1.165, 1.54) is 68.3 Å². The first-order chi connectivity index (χ1) is 16.7. The van der Waals surface area contributed by atoms with Gasteiger partial charge >= 0.3 is 0 Å². The molecule has 1 aliphatic heterocycles. The third kappa shape index (κ3) is 5.38. The number of fused-ring (bicyclic) bond motifs is 1. The molecule has 4 heteroatoms. The van der Waals surface area contributed by atoms with Crippen LogP contribution in [0.5, 0.6) is 0 Å². The molecule has 1 saturated carbocycles. The Bertz CT molecular complexity index is 1070. The molecule has 5 rings (SSSR count). The van der Waals surface area contributed by atoms with E-state index < -0.39 is 0 Å². The molecule has 0 unspecified atom stereocenters. The summed E-state index contributed by atoms with van der Waals surface area (Å²) in [6, 6.07) is 16.8. The third-order valence-corrected chi connectivity index (χ3v) is 8.20. The normalized spacial score (nSPS) is 22.1. The zero-order valence-corrected chi connectivity index (χ0v) is 20.5. The van der Waals surface area contributed by atoms with Crippen molar-refractivity contribution in [2.75, 3.05) is 19.6 Å². The Balaban J connectivity index is 1.02. The Morgan fingerprint density at radius 3 is 2.44 bits per heavy atom. The highest BCUT2D eigenvalue weighted by Crippen LogP contribution is 2.35. The smallest absolute Gasteiger partial charge is 0.251 e. The molecule has 0 bridgehead atoms. The maximum absolute atomic E-state index is 12.6. The molecule has 2 aromatic carbocycles. The van der Waals surface area contributed by atoms with E-state index >= 15 is 0 Å². The number of hydrogen-bond donors (Lipinski definition) is 1. The lowest BCUT2D eigenvalue weighted by atomic mass is 9.83. The summed E-state index contributed by atoms with van der Waals surface area (Å²) >= 11 is 0. The number of amides is 1. The van der Waals surface area contributed by atoms with Crippen LogP contribution in [0.15, 0.2) is 59.2 Å². The predicted octanol–water partition coefficient (Wildman–Crippen LogP) is 6.55. The van der Waals surface area contributed by atoms with Crippen molar-refractivity contribution in [3.63, 3.8) is 0 Å². The molecule has 1 amide bonds. The van der Waals surface area contributed by atoms with Crippen LogP contribution < -0.4 is 5.32 Å². The number of benzene rings is 2. The van der Waals surface area contributed by atoms with E-state index in [9.17, 15) is 4.79 Å². The van der Waals surface area contributed by atoms with Crippen molar-refractivity contribution in [2.24, 2.45) is 5.92 Å². The Morgan fingerprint density at radius 1 is 0.971 bits per heavy atom. The lowest BCUT2D eigenvalue weighted by Gasteiger charge is -2.34. The topological polar surface area (TPSA) is 45.5 Å². The number of aryl methyl sites for hydroxylation is 1. The van der Waals surface area contributed by atoms with E-state index in [1.54, 1.807) is 0 Å². The minimum absolute atomic E-state index is 0.0828. The van der Waals surface area contributed by atoms with Crippen LogP contribution in [0.3, 0.4) is 0 Å². The van der Waals surface area contributed by atoms with E-state index in [1.807, 2.05) is 24.5 Å². The zero-order chi connectivity index (χ0) is 23.3. The van der Waals surface area contributed by atoms with Crippen LogP contribution in [0.1, 0.15) is 79.3 Å². The standard InChI is InChI=1S/C30H38N2O2/c1-2-22-7-11-25(12-8-22)30(33)31-26-13-9-23(10-14-26)15-18-32-19-16-24(17-20-32)28-21-34-29-6-4-3-5-27(28)29/h3-8,11-12,21,23-24,26H,2,9-10,13-20H2,1H3,(H,31,33)/t23-,26-. The first kappa shape index (κ1) is 23.2. The summed E-state index contributed by atoms with van der Waals surface area (Å²) in [5.74, 6) is 1.50. The van der Waals surface area contributed by atoms with E-state index in [4.69, 9.17) is 4.42 Å². The first-order valence-corrected chi connectivity index (χ1v) is 13.3. The van der Waals surface area contributed by atoms with Crippen molar-refractivity contribution in [1.29, 1.82) is 0 Å². The van der Waals surface area contributed by atoms with Gasteiger partial charge in [-0.2, -0.15) is 0 Å². The SMILES string of the molecule is CCc1ccc(C(=O)N[C@H]2CC[C@H](CCN3CCC(c4coc5ccccc45)CC3)CC2)cc1. The van der Waals surface area contributed by atoms with Gasteiger partial charge in [-0.3, -0.25) is 4.79 Å². The fourth-order valence-electron chi connectivity index (χ4n) is 5.90. The highest BCUT2D eigenvalue weighted by atomic mass is 16.3. The number of nitrogens with one attached hydrogen (secondary N) is 1. The summed E-state index contributed by atoms with van der Waals surface area (Å²) in [7, 11) is 0. The molecule has 2 fully saturated rings. The van der Waals surface area contributed by atoms with Crippen molar-refractivity contribution in [1.82, 2.24) is 10.2 Å². The van der Waals surface area contributed by atoms with Gasteiger partial charge in [-0.15, -0.1) is 0 Å². The molecule has 0 atom stereocenters. The number of piperidine rings is 1. The van der Waals surface area contributed by atoms with Crippen molar-refractivity contribution >= 4 is 16.9 Å². The van der Waals surface area contributed by atoms with Crippen molar-refractivity contribution < 1.29 is 9.21 Å².